The maximum atomic E-state index is 12.9. The van der Waals surface area contributed by atoms with E-state index in [4.69, 9.17) is 16.3 Å². The quantitative estimate of drug-likeness (QED) is 0.585. The lowest BCUT2D eigenvalue weighted by atomic mass is 9.99. The summed E-state index contributed by atoms with van der Waals surface area (Å²) in [4.78, 5) is 25.8. The molecule has 3 aromatic carbocycles. The summed E-state index contributed by atoms with van der Waals surface area (Å²) < 4.78 is 6.93. The van der Waals surface area contributed by atoms with Crippen molar-refractivity contribution in [2.24, 2.45) is 0 Å². The van der Waals surface area contributed by atoms with Gasteiger partial charge in [-0.3, -0.25) is 9.59 Å². The first-order valence-corrected chi connectivity index (χ1v) is 10.5. The Labute approximate surface area is 191 Å². The molecule has 162 valence electrons. The van der Waals surface area contributed by atoms with Gasteiger partial charge < -0.3 is 10.1 Å². The average molecular weight is 449 g/mol. The van der Waals surface area contributed by atoms with Crippen LogP contribution in [0.1, 0.15) is 33.1 Å². The van der Waals surface area contributed by atoms with Crippen molar-refractivity contribution in [2.45, 2.75) is 19.0 Å². The van der Waals surface area contributed by atoms with Crippen molar-refractivity contribution in [1.82, 2.24) is 10.7 Å². The van der Waals surface area contributed by atoms with Crippen molar-refractivity contribution in [3.05, 3.63) is 100 Å². The van der Waals surface area contributed by atoms with E-state index in [1.54, 1.807) is 36.1 Å². The number of hydrogen-bond acceptors (Lipinski definition) is 3. The number of carbonyl (C=O) groups is 2. The van der Waals surface area contributed by atoms with Gasteiger partial charge in [0.2, 0.25) is 12.3 Å². The van der Waals surface area contributed by atoms with Crippen molar-refractivity contribution in [3.8, 4) is 5.75 Å². The van der Waals surface area contributed by atoms with Gasteiger partial charge in [0, 0.05) is 21.7 Å². The Bertz CT molecular complexity index is 1160. The van der Waals surface area contributed by atoms with E-state index in [-0.39, 0.29) is 11.8 Å². The van der Waals surface area contributed by atoms with E-state index in [0.717, 1.165) is 22.4 Å². The topological polar surface area (TPSA) is 70.4 Å². The highest BCUT2D eigenvalue weighted by Crippen LogP contribution is 2.27. The maximum absolute atomic E-state index is 12.9. The van der Waals surface area contributed by atoms with E-state index < -0.39 is 12.1 Å². The Hall–Kier alpha value is -3.64. The number of halogens is 1. The van der Waals surface area contributed by atoms with Crippen molar-refractivity contribution in [3.63, 3.8) is 0 Å². The third-order valence-electron chi connectivity index (χ3n) is 5.35. The molecule has 0 radical (unpaired) electrons. The molecule has 1 saturated heterocycles. The molecule has 7 heteroatoms. The molecule has 2 atom stereocenters. The SMILES string of the molecule is COc1ccc(/C=[N+]2\NC(=O)[C@H](NC(=O)c3ccc(C)cc3)[C@@H]2c2ccc(Cl)cc2)cc1. The van der Waals surface area contributed by atoms with E-state index in [1.807, 2.05) is 61.7 Å². The van der Waals surface area contributed by atoms with Crippen LogP contribution < -0.4 is 15.5 Å². The highest BCUT2D eigenvalue weighted by atomic mass is 35.5. The van der Waals surface area contributed by atoms with E-state index in [2.05, 4.69) is 10.7 Å². The number of rotatable bonds is 5. The molecule has 32 heavy (non-hydrogen) atoms. The van der Waals surface area contributed by atoms with E-state index in [9.17, 15) is 9.59 Å². The van der Waals surface area contributed by atoms with Gasteiger partial charge in [-0.2, -0.15) is 0 Å². The second-order valence-corrected chi connectivity index (χ2v) is 8.04. The molecule has 1 fully saturated rings. The van der Waals surface area contributed by atoms with Gasteiger partial charge in [-0.1, -0.05) is 41.4 Å². The van der Waals surface area contributed by atoms with Crippen LogP contribution in [0.3, 0.4) is 0 Å². The third kappa shape index (κ3) is 4.65. The second-order valence-electron chi connectivity index (χ2n) is 7.60. The number of benzene rings is 3. The van der Waals surface area contributed by atoms with Gasteiger partial charge in [0.05, 0.1) is 7.11 Å². The lowest BCUT2D eigenvalue weighted by molar-refractivity contribution is -0.596. The summed E-state index contributed by atoms with van der Waals surface area (Å²) in [6.07, 6.45) is 1.83. The second kappa shape index (κ2) is 9.24. The van der Waals surface area contributed by atoms with E-state index in [1.165, 1.54) is 0 Å². The Morgan fingerprint density at radius 2 is 1.69 bits per heavy atom. The molecule has 1 heterocycles. The first-order valence-electron chi connectivity index (χ1n) is 10.2. The zero-order chi connectivity index (χ0) is 22.7. The average Bonchev–Trinajstić information content (AvgIpc) is 3.09. The Kier molecular flexibility index (Phi) is 6.23. The van der Waals surface area contributed by atoms with Crippen LogP contribution in [0, 0.1) is 6.92 Å². The van der Waals surface area contributed by atoms with Gasteiger partial charge in [0.25, 0.3) is 5.91 Å². The molecule has 0 saturated carbocycles. The van der Waals surface area contributed by atoms with Crippen LogP contribution in [0.5, 0.6) is 5.75 Å². The smallest absolute Gasteiger partial charge is 0.304 e. The lowest BCUT2D eigenvalue weighted by Gasteiger charge is -2.15. The fourth-order valence-corrected chi connectivity index (χ4v) is 3.75. The van der Waals surface area contributed by atoms with Crippen molar-refractivity contribution in [1.29, 1.82) is 0 Å². The molecule has 0 unspecified atom stereocenters. The van der Waals surface area contributed by atoms with Crippen LogP contribution in [0.4, 0.5) is 0 Å². The summed E-state index contributed by atoms with van der Waals surface area (Å²) in [7, 11) is 1.61. The molecule has 4 rings (SSSR count). The first kappa shape index (κ1) is 21.6. The van der Waals surface area contributed by atoms with Gasteiger partial charge in [-0.05, 0) is 55.5 Å². The summed E-state index contributed by atoms with van der Waals surface area (Å²) in [6.45, 7) is 1.95. The molecule has 0 aliphatic carbocycles. The molecule has 6 nitrogen and oxygen atoms in total. The van der Waals surface area contributed by atoms with Gasteiger partial charge in [0.1, 0.15) is 5.75 Å². The molecule has 0 spiro atoms. The fourth-order valence-electron chi connectivity index (χ4n) is 3.62. The minimum Gasteiger partial charge on any atom is -0.497 e. The van der Waals surface area contributed by atoms with Gasteiger partial charge in [-0.25, -0.2) is 0 Å². The zero-order valence-corrected chi connectivity index (χ0v) is 18.5. The van der Waals surface area contributed by atoms with Crippen LogP contribution in [-0.2, 0) is 4.79 Å². The largest absolute Gasteiger partial charge is 0.497 e. The maximum Gasteiger partial charge on any atom is 0.304 e. The first-order chi connectivity index (χ1) is 15.4. The molecule has 0 aromatic heterocycles. The minimum absolute atomic E-state index is 0.296. The molecular formula is C25H23ClN3O3+. The van der Waals surface area contributed by atoms with Crippen LogP contribution in [-0.4, -0.2) is 35.9 Å². The Morgan fingerprint density at radius 3 is 2.31 bits per heavy atom. The fraction of sp³-hybridized carbons (Fsp3) is 0.160. The van der Waals surface area contributed by atoms with Crippen molar-refractivity contribution in [2.75, 3.05) is 7.11 Å². The van der Waals surface area contributed by atoms with Gasteiger partial charge >= 0.3 is 5.91 Å². The number of amides is 2. The highest BCUT2D eigenvalue weighted by molar-refractivity contribution is 6.30. The summed E-state index contributed by atoms with van der Waals surface area (Å²) in [5.41, 5.74) is 6.13. The number of nitrogens with one attached hydrogen (secondary N) is 2. The molecule has 2 N–H and O–H groups in total. The Morgan fingerprint density at radius 1 is 1.03 bits per heavy atom. The number of hydrazine groups is 1. The van der Waals surface area contributed by atoms with Gasteiger partial charge in [-0.15, -0.1) is 10.1 Å². The van der Waals surface area contributed by atoms with Crippen LogP contribution in [0.25, 0.3) is 0 Å². The molecule has 2 amide bonds. The van der Waals surface area contributed by atoms with Crippen LogP contribution in [0.15, 0.2) is 72.8 Å². The predicted octanol–water partition coefficient (Wildman–Crippen LogP) is 3.67. The molecule has 1 aliphatic rings. The summed E-state index contributed by atoms with van der Waals surface area (Å²) in [5, 5.41) is 3.49. The molecule has 0 bridgehead atoms. The highest BCUT2D eigenvalue weighted by Gasteiger charge is 2.47. The lowest BCUT2D eigenvalue weighted by Crippen LogP contribution is -2.42. The van der Waals surface area contributed by atoms with E-state index >= 15 is 0 Å². The standard InChI is InChI=1S/C25H22ClN3O3/c1-16-3-7-19(8-4-16)24(30)27-22-23(18-9-11-20(26)12-10-18)29(28-25(22)31)15-17-5-13-21(32-2)14-6-17/h3-15,22-23H,1-2H3,(H-,27,28,30,31)/p+1/b29-15-/t22-,23+/m1/s1. The summed E-state index contributed by atoms with van der Waals surface area (Å²) >= 11 is 6.07. The number of hydrazone groups is 1. The molecular weight excluding hydrogens is 426 g/mol. The monoisotopic (exact) mass is 448 g/mol. The number of nitrogens with zero attached hydrogens (tertiary/aromatic N) is 1. The molecule has 3 aromatic rings. The van der Waals surface area contributed by atoms with Crippen LogP contribution >= 0.6 is 11.6 Å². The number of ether oxygens (including phenoxy) is 1. The number of methoxy groups -OCH3 is 1. The third-order valence-corrected chi connectivity index (χ3v) is 5.61. The van der Waals surface area contributed by atoms with E-state index in [0.29, 0.717) is 10.6 Å². The predicted molar refractivity (Wildman–Crippen MR) is 123 cm³/mol. The summed E-state index contributed by atoms with van der Waals surface area (Å²) in [6, 6.07) is 20.7. The van der Waals surface area contributed by atoms with Crippen molar-refractivity contribution < 1.29 is 19.0 Å². The van der Waals surface area contributed by atoms with Crippen molar-refractivity contribution >= 4 is 29.6 Å². The zero-order valence-electron chi connectivity index (χ0n) is 17.7. The normalized spacial score (nSPS) is 19.0. The van der Waals surface area contributed by atoms with Crippen LogP contribution in [0.2, 0.25) is 5.02 Å². The summed E-state index contributed by atoms with van der Waals surface area (Å²) in [5.74, 6) is 0.135. The van der Waals surface area contributed by atoms with Gasteiger partial charge in [0.15, 0.2) is 6.04 Å². The number of aryl methyl sites for hydroxylation is 1. The number of carbonyl (C=O) groups excluding carboxylic acids is 2. The molecule has 1 aliphatic heterocycles. The minimum atomic E-state index is -0.792. The Balaban J connectivity index is 1.68. The number of hydrogen-bond donors (Lipinski definition) is 2.